The van der Waals surface area contributed by atoms with Crippen LogP contribution in [0.2, 0.25) is 0 Å². The fourth-order valence-electron chi connectivity index (χ4n) is 3.39. The van der Waals surface area contributed by atoms with Gasteiger partial charge in [-0.3, -0.25) is 9.59 Å². The molecule has 0 aliphatic heterocycles. The monoisotopic (exact) mass is 321 g/mol. The Bertz CT molecular complexity index is 550. The van der Waals surface area contributed by atoms with Crippen LogP contribution in [0.4, 0.5) is 4.39 Å². The number of benzene rings is 1. The summed E-state index contributed by atoms with van der Waals surface area (Å²) in [5, 5.41) is 12.2. The lowest BCUT2D eigenvalue weighted by atomic mass is 9.71. The van der Waals surface area contributed by atoms with E-state index in [1.165, 1.54) is 24.3 Å². The Morgan fingerprint density at radius 1 is 1.22 bits per heavy atom. The van der Waals surface area contributed by atoms with Gasteiger partial charge in [-0.15, -0.1) is 0 Å². The van der Waals surface area contributed by atoms with E-state index in [9.17, 15) is 19.1 Å². The summed E-state index contributed by atoms with van der Waals surface area (Å²) >= 11 is 0. The maximum atomic E-state index is 13.0. The van der Waals surface area contributed by atoms with Crippen LogP contribution in [-0.2, 0) is 9.59 Å². The first-order valence-electron chi connectivity index (χ1n) is 8.25. The summed E-state index contributed by atoms with van der Waals surface area (Å²) in [6.07, 6.45) is 5.74. The van der Waals surface area contributed by atoms with Gasteiger partial charge in [0.1, 0.15) is 5.82 Å². The van der Waals surface area contributed by atoms with Crippen LogP contribution < -0.4 is 5.32 Å². The zero-order valence-corrected chi connectivity index (χ0v) is 13.5. The zero-order chi connectivity index (χ0) is 16.9. The first-order chi connectivity index (χ1) is 11.0. The molecule has 1 fully saturated rings. The van der Waals surface area contributed by atoms with E-state index in [1.54, 1.807) is 0 Å². The fourth-order valence-corrected chi connectivity index (χ4v) is 3.39. The molecule has 0 saturated heterocycles. The standard InChI is InChI=1S/C18H24FNO3/c1-2-18(10-4-3-5-11-18)17(23)20-12-15(16(21)22)13-6-8-14(19)9-7-13/h6-9,15H,2-5,10-12H2,1H3,(H,20,23)(H,21,22). The lowest BCUT2D eigenvalue weighted by Crippen LogP contribution is -2.44. The number of aliphatic carboxylic acids is 1. The molecular formula is C18H24FNO3. The average molecular weight is 321 g/mol. The second kappa shape index (κ2) is 7.57. The average Bonchev–Trinajstić information content (AvgIpc) is 2.56. The first-order valence-corrected chi connectivity index (χ1v) is 8.25. The van der Waals surface area contributed by atoms with Gasteiger partial charge < -0.3 is 10.4 Å². The van der Waals surface area contributed by atoms with Crippen LogP contribution in [0, 0.1) is 11.2 Å². The number of rotatable bonds is 6. The van der Waals surface area contributed by atoms with Gasteiger partial charge in [-0.2, -0.15) is 0 Å². The number of halogens is 1. The number of hydrogen-bond donors (Lipinski definition) is 2. The van der Waals surface area contributed by atoms with Gasteiger partial charge in [-0.05, 0) is 37.0 Å². The van der Waals surface area contributed by atoms with Crippen LogP contribution in [0.1, 0.15) is 56.9 Å². The van der Waals surface area contributed by atoms with E-state index in [0.717, 1.165) is 38.5 Å². The summed E-state index contributed by atoms with van der Waals surface area (Å²) in [5.74, 6) is -2.34. The van der Waals surface area contributed by atoms with E-state index < -0.39 is 17.7 Å². The molecule has 1 aromatic carbocycles. The molecule has 1 aliphatic carbocycles. The van der Waals surface area contributed by atoms with Gasteiger partial charge in [0.15, 0.2) is 0 Å². The molecule has 1 atom stereocenters. The van der Waals surface area contributed by atoms with Gasteiger partial charge in [-0.1, -0.05) is 38.3 Å². The number of amides is 1. The number of nitrogens with one attached hydrogen (secondary N) is 1. The second-order valence-electron chi connectivity index (χ2n) is 6.35. The lowest BCUT2D eigenvalue weighted by Gasteiger charge is -2.35. The van der Waals surface area contributed by atoms with E-state index in [1.807, 2.05) is 6.92 Å². The van der Waals surface area contributed by atoms with Crippen LogP contribution in [0.5, 0.6) is 0 Å². The molecule has 126 valence electrons. The number of carboxylic acid groups (broad SMARTS) is 1. The van der Waals surface area contributed by atoms with Crippen LogP contribution in [0.3, 0.4) is 0 Å². The third-order valence-corrected chi connectivity index (χ3v) is 5.01. The summed E-state index contributed by atoms with van der Waals surface area (Å²) in [4.78, 5) is 24.1. The summed E-state index contributed by atoms with van der Waals surface area (Å²) in [6.45, 7) is 2.04. The SMILES string of the molecule is CCC1(C(=O)NCC(C(=O)O)c2ccc(F)cc2)CCCCC1. The van der Waals surface area contributed by atoms with E-state index in [4.69, 9.17) is 0 Å². The largest absolute Gasteiger partial charge is 0.481 e. The molecule has 1 unspecified atom stereocenters. The molecule has 4 nitrogen and oxygen atoms in total. The Hall–Kier alpha value is -1.91. The Morgan fingerprint density at radius 3 is 2.35 bits per heavy atom. The number of carboxylic acids is 1. The Labute approximate surface area is 136 Å². The van der Waals surface area contributed by atoms with E-state index in [2.05, 4.69) is 5.32 Å². The van der Waals surface area contributed by atoms with Crippen molar-refractivity contribution < 1.29 is 19.1 Å². The lowest BCUT2D eigenvalue weighted by molar-refractivity contribution is -0.139. The highest BCUT2D eigenvalue weighted by Gasteiger charge is 2.38. The molecule has 0 aromatic heterocycles. The van der Waals surface area contributed by atoms with Crippen molar-refractivity contribution in [2.24, 2.45) is 5.41 Å². The predicted octanol–water partition coefficient (Wildman–Crippen LogP) is 3.47. The minimum absolute atomic E-state index is 0.0293. The van der Waals surface area contributed by atoms with Gasteiger partial charge in [0.25, 0.3) is 0 Å². The minimum Gasteiger partial charge on any atom is -0.481 e. The second-order valence-corrected chi connectivity index (χ2v) is 6.35. The van der Waals surface area contributed by atoms with Gasteiger partial charge in [0.05, 0.1) is 5.92 Å². The first kappa shape index (κ1) is 17.4. The van der Waals surface area contributed by atoms with Crippen LogP contribution >= 0.6 is 0 Å². The molecule has 1 aliphatic rings. The van der Waals surface area contributed by atoms with Crippen LogP contribution in [0.15, 0.2) is 24.3 Å². The van der Waals surface area contributed by atoms with Crippen molar-refractivity contribution in [2.45, 2.75) is 51.4 Å². The molecule has 2 N–H and O–H groups in total. The zero-order valence-electron chi connectivity index (χ0n) is 13.5. The highest BCUT2D eigenvalue weighted by Crippen LogP contribution is 2.39. The minimum atomic E-state index is -1.02. The molecule has 0 bridgehead atoms. The molecule has 0 heterocycles. The van der Waals surface area contributed by atoms with E-state index in [0.29, 0.717) is 5.56 Å². The molecular weight excluding hydrogens is 297 g/mol. The van der Waals surface area contributed by atoms with E-state index >= 15 is 0 Å². The molecule has 2 rings (SSSR count). The third kappa shape index (κ3) is 4.09. The quantitative estimate of drug-likeness (QED) is 0.843. The fraction of sp³-hybridized carbons (Fsp3) is 0.556. The molecule has 0 spiro atoms. The molecule has 1 amide bonds. The van der Waals surface area contributed by atoms with Gasteiger partial charge in [-0.25, -0.2) is 4.39 Å². The summed E-state index contributed by atoms with van der Waals surface area (Å²) in [7, 11) is 0. The van der Waals surface area contributed by atoms with Crippen molar-refractivity contribution in [1.29, 1.82) is 0 Å². The predicted molar refractivity (Wildman–Crippen MR) is 85.6 cm³/mol. The molecule has 0 radical (unpaired) electrons. The normalized spacial score (nSPS) is 18.2. The maximum Gasteiger partial charge on any atom is 0.312 e. The highest BCUT2D eigenvalue weighted by molar-refractivity contribution is 5.84. The van der Waals surface area contributed by atoms with Gasteiger partial charge in [0, 0.05) is 12.0 Å². The number of carbonyl (C=O) groups is 2. The highest BCUT2D eigenvalue weighted by atomic mass is 19.1. The maximum absolute atomic E-state index is 13.0. The van der Waals surface area contributed by atoms with Crippen LogP contribution in [-0.4, -0.2) is 23.5 Å². The molecule has 23 heavy (non-hydrogen) atoms. The van der Waals surface area contributed by atoms with Crippen LogP contribution in [0.25, 0.3) is 0 Å². The number of carbonyl (C=O) groups excluding carboxylic acids is 1. The van der Waals surface area contributed by atoms with Crippen molar-refractivity contribution in [2.75, 3.05) is 6.54 Å². The Kier molecular flexibility index (Phi) is 5.74. The topological polar surface area (TPSA) is 66.4 Å². The summed E-state index contributed by atoms with van der Waals surface area (Å²) in [5.41, 5.74) is 0.137. The smallest absolute Gasteiger partial charge is 0.312 e. The van der Waals surface area contributed by atoms with E-state index in [-0.39, 0.29) is 17.9 Å². The third-order valence-electron chi connectivity index (χ3n) is 5.01. The van der Waals surface area contributed by atoms with Crippen molar-refractivity contribution in [3.8, 4) is 0 Å². The van der Waals surface area contributed by atoms with Crippen molar-refractivity contribution >= 4 is 11.9 Å². The molecule has 1 saturated carbocycles. The van der Waals surface area contributed by atoms with Crippen molar-refractivity contribution in [3.05, 3.63) is 35.6 Å². The molecule has 5 heteroatoms. The summed E-state index contributed by atoms with van der Waals surface area (Å²) < 4.78 is 13.0. The Morgan fingerprint density at radius 2 is 1.83 bits per heavy atom. The van der Waals surface area contributed by atoms with Gasteiger partial charge >= 0.3 is 5.97 Å². The Balaban J connectivity index is 2.05. The van der Waals surface area contributed by atoms with Gasteiger partial charge in [0.2, 0.25) is 5.91 Å². The summed E-state index contributed by atoms with van der Waals surface area (Å²) in [6, 6.07) is 5.39. The van der Waals surface area contributed by atoms with Crippen molar-refractivity contribution in [1.82, 2.24) is 5.32 Å². The van der Waals surface area contributed by atoms with Crippen molar-refractivity contribution in [3.63, 3.8) is 0 Å². The molecule has 1 aromatic rings. The number of hydrogen-bond acceptors (Lipinski definition) is 2.